The lowest BCUT2D eigenvalue weighted by atomic mass is 9.82. The van der Waals surface area contributed by atoms with Crippen molar-refractivity contribution >= 4 is 11.8 Å². The van der Waals surface area contributed by atoms with E-state index in [9.17, 15) is 9.59 Å². The number of nitrogens with zero attached hydrogens (tertiary/aromatic N) is 3. The van der Waals surface area contributed by atoms with Crippen LogP contribution in [-0.2, 0) is 9.53 Å². The number of amides is 2. The minimum Gasteiger partial charge on any atom is -0.477 e. The molecular formula is C28H40N6O4. The number of likely N-dealkylation sites (tertiary alicyclic amines) is 2. The molecule has 1 aromatic heterocycles. The van der Waals surface area contributed by atoms with Crippen LogP contribution in [0.25, 0.3) is 0 Å². The van der Waals surface area contributed by atoms with Gasteiger partial charge >= 0.3 is 0 Å². The maximum Gasteiger partial charge on any atom is 0.254 e. The Kier molecular flexibility index (Phi) is 6.75. The molecule has 5 heterocycles. The summed E-state index contributed by atoms with van der Waals surface area (Å²) in [6.07, 6.45) is 7.12. The van der Waals surface area contributed by atoms with Gasteiger partial charge in [0.1, 0.15) is 0 Å². The summed E-state index contributed by atoms with van der Waals surface area (Å²) in [6.45, 7) is 5.19. The summed E-state index contributed by atoms with van der Waals surface area (Å²) in [5.74, 6) is 2.71. The van der Waals surface area contributed by atoms with E-state index in [1.54, 1.807) is 0 Å². The summed E-state index contributed by atoms with van der Waals surface area (Å²) < 4.78 is 11.6. The molecule has 0 bridgehead atoms. The normalized spacial score (nSPS) is 33.3. The SMILES string of the molecule is O=C(c1cc(OCC2CCOCC2)nc(C2CC2)c1)N1C[C@@H]2CN(C(=O)C3CCC4NNNC4C3)C[C@H]2C1. The van der Waals surface area contributed by atoms with Crippen LogP contribution in [0.5, 0.6) is 5.88 Å². The summed E-state index contributed by atoms with van der Waals surface area (Å²) in [5, 5.41) is 0. The smallest absolute Gasteiger partial charge is 0.254 e. The van der Waals surface area contributed by atoms with Gasteiger partial charge in [-0.2, -0.15) is 5.53 Å². The van der Waals surface area contributed by atoms with Gasteiger partial charge in [-0.25, -0.2) is 15.8 Å². The van der Waals surface area contributed by atoms with Crippen LogP contribution in [0.3, 0.4) is 0 Å². The van der Waals surface area contributed by atoms with Crippen LogP contribution in [0.4, 0.5) is 0 Å². The van der Waals surface area contributed by atoms with Crippen LogP contribution in [0.2, 0.25) is 0 Å². The number of nitrogens with one attached hydrogen (secondary N) is 3. The second-order valence-electron chi connectivity index (χ2n) is 12.4. The van der Waals surface area contributed by atoms with Gasteiger partial charge in [-0.3, -0.25) is 9.59 Å². The highest BCUT2D eigenvalue weighted by Gasteiger charge is 2.46. The van der Waals surface area contributed by atoms with E-state index in [1.165, 1.54) is 0 Å². The third kappa shape index (κ3) is 5.03. The molecule has 206 valence electrons. The molecule has 0 spiro atoms. The van der Waals surface area contributed by atoms with Gasteiger partial charge in [-0.15, -0.1) is 0 Å². The van der Waals surface area contributed by atoms with Crippen molar-refractivity contribution in [3.8, 4) is 5.88 Å². The predicted octanol–water partition coefficient (Wildman–Crippen LogP) is 1.44. The van der Waals surface area contributed by atoms with E-state index in [-0.39, 0.29) is 11.8 Å². The van der Waals surface area contributed by atoms with Gasteiger partial charge in [0.2, 0.25) is 11.8 Å². The number of hydrogen-bond donors (Lipinski definition) is 3. The second kappa shape index (κ2) is 10.4. The summed E-state index contributed by atoms with van der Waals surface area (Å²) in [7, 11) is 0. The van der Waals surface area contributed by atoms with Crippen LogP contribution in [0.15, 0.2) is 12.1 Å². The number of fused-ring (bicyclic) bond motifs is 2. The van der Waals surface area contributed by atoms with Crippen molar-refractivity contribution in [1.29, 1.82) is 0 Å². The fraction of sp³-hybridized carbons (Fsp3) is 0.750. The molecule has 2 saturated carbocycles. The monoisotopic (exact) mass is 524 g/mol. The summed E-state index contributed by atoms with van der Waals surface area (Å²) in [4.78, 5) is 35.8. The molecule has 10 nitrogen and oxygen atoms in total. The summed E-state index contributed by atoms with van der Waals surface area (Å²) in [6, 6.07) is 4.56. The Hall–Kier alpha value is -2.27. The van der Waals surface area contributed by atoms with Gasteiger partial charge in [-0.05, 0) is 56.9 Å². The third-order valence-electron chi connectivity index (χ3n) is 9.67. The molecule has 2 aliphatic carbocycles. The van der Waals surface area contributed by atoms with Gasteiger partial charge in [0, 0.05) is 92.5 Å². The quantitative estimate of drug-likeness (QED) is 0.513. The standard InChI is InChI=1S/C28H40N6O4/c35-27(19-3-4-23-25(9-19)31-32-30-23)33-12-21-14-34(15-22(21)13-33)28(36)20-10-24(18-1-2-18)29-26(11-20)38-16-17-5-7-37-8-6-17/h10-11,17-19,21-23,25,30-32H,1-9,12-16H2/t19?,21-,22-,23?,25?/m0/s1. The van der Waals surface area contributed by atoms with Crippen molar-refractivity contribution in [3.05, 3.63) is 23.4 Å². The molecule has 3 unspecified atom stereocenters. The zero-order valence-electron chi connectivity index (χ0n) is 22.1. The Bertz CT molecular complexity index is 1050. The zero-order valence-corrected chi connectivity index (χ0v) is 22.1. The fourth-order valence-corrected chi connectivity index (χ4v) is 7.16. The van der Waals surface area contributed by atoms with Crippen LogP contribution in [-0.4, -0.2) is 84.7 Å². The number of hydrogen-bond acceptors (Lipinski definition) is 8. The van der Waals surface area contributed by atoms with Crippen LogP contribution in [0.1, 0.15) is 66.9 Å². The van der Waals surface area contributed by atoms with Gasteiger partial charge in [0.25, 0.3) is 5.91 Å². The molecule has 2 amide bonds. The first kappa shape index (κ1) is 24.7. The number of carbonyl (C=O) groups excluding carboxylic acids is 2. The average molecular weight is 525 g/mol. The van der Waals surface area contributed by atoms with Crippen molar-refractivity contribution in [3.63, 3.8) is 0 Å². The predicted molar refractivity (Wildman–Crippen MR) is 139 cm³/mol. The van der Waals surface area contributed by atoms with Gasteiger partial charge in [-0.1, -0.05) is 0 Å². The van der Waals surface area contributed by atoms with Gasteiger partial charge in [0.05, 0.1) is 6.61 Å². The topological polar surface area (TPSA) is 108 Å². The highest BCUT2D eigenvalue weighted by molar-refractivity contribution is 5.95. The molecule has 1 aromatic rings. The lowest BCUT2D eigenvalue weighted by Crippen LogP contribution is -2.45. The number of hydrazine groups is 2. The summed E-state index contributed by atoms with van der Waals surface area (Å²) in [5.41, 5.74) is 11.2. The Morgan fingerprint density at radius 2 is 1.66 bits per heavy atom. The minimum absolute atomic E-state index is 0.0723. The molecule has 3 N–H and O–H groups in total. The van der Waals surface area contributed by atoms with E-state index in [1.807, 2.05) is 17.0 Å². The first-order chi connectivity index (χ1) is 18.6. The van der Waals surface area contributed by atoms with Crippen molar-refractivity contribution in [2.24, 2.45) is 23.7 Å². The number of pyridine rings is 1. The largest absolute Gasteiger partial charge is 0.477 e. The number of carbonyl (C=O) groups is 2. The van der Waals surface area contributed by atoms with E-state index >= 15 is 0 Å². The molecular weight excluding hydrogens is 484 g/mol. The van der Waals surface area contributed by atoms with Gasteiger partial charge in [0.15, 0.2) is 0 Å². The molecule has 6 aliphatic rings. The number of ether oxygens (including phenoxy) is 2. The molecule has 5 atom stereocenters. The van der Waals surface area contributed by atoms with E-state index < -0.39 is 0 Å². The first-order valence-electron chi connectivity index (χ1n) is 14.7. The summed E-state index contributed by atoms with van der Waals surface area (Å²) >= 11 is 0. The molecule has 4 aliphatic heterocycles. The molecule has 10 heteroatoms. The second-order valence-corrected chi connectivity index (χ2v) is 12.4. The lowest BCUT2D eigenvalue weighted by Gasteiger charge is -2.32. The third-order valence-corrected chi connectivity index (χ3v) is 9.67. The lowest BCUT2D eigenvalue weighted by molar-refractivity contribution is -0.136. The first-order valence-corrected chi connectivity index (χ1v) is 14.7. The Morgan fingerprint density at radius 1 is 0.921 bits per heavy atom. The van der Waals surface area contributed by atoms with Crippen LogP contribution < -0.4 is 21.1 Å². The maximum absolute atomic E-state index is 13.6. The van der Waals surface area contributed by atoms with Crippen molar-refractivity contribution in [1.82, 2.24) is 31.2 Å². The van der Waals surface area contributed by atoms with E-state index in [2.05, 4.69) is 21.3 Å². The fourth-order valence-electron chi connectivity index (χ4n) is 7.16. The van der Waals surface area contributed by atoms with Crippen molar-refractivity contribution in [2.75, 3.05) is 46.0 Å². The number of aromatic nitrogens is 1. The van der Waals surface area contributed by atoms with Crippen molar-refractivity contribution < 1.29 is 19.1 Å². The Morgan fingerprint density at radius 3 is 2.42 bits per heavy atom. The van der Waals surface area contributed by atoms with Crippen LogP contribution in [0, 0.1) is 23.7 Å². The van der Waals surface area contributed by atoms with Gasteiger partial charge < -0.3 is 19.3 Å². The van der Waals surface area contributed by atoms with Crippen LogP contribution >= 0.6 is 0 Å². The van der Waals surface area contributed by atoms with Crippen molar-refractivity contribution in [2.45, 2.75) is 62.9 Å². The number of rotatable bonds is 6. The molecule has 0 radical (unpaired) electrons. The Balaban J connectivity index is 0.969. The molecule has 4 saturated heterocycles. The van der Waals surface area contributed by atoms with E-state index in [4.69, 9.17) is 14.5 Å². The molecule has 6 fully saturated rings. The zero-order chi connectivity index (χ0) is 25.6. The van der Waals surface area contributed by atoms with E-state index in [0.29, 0.717) is 59.7 Å². The average Bonchev–Trinajstić information content (AvgIpc) is 3.37. The minimum atomic E-state index is 0.0723. The molecule has 38 heavy (non-hydrogen) atoms. The van der Waals surface area contributed by atoms with E-state index in [0.717, 1.165) is 90.0 Å². The maximum atomic E-state index is 13.6. The Labute approximate surface area is 224 Å². The molecule has 0 aromatic carbocycles. The highest BCUT2D eigenvalue weighted by Crippen LogP contribution is 2.41. The molecule has 7 rings (SSSR count). The highest BCUT2D eigenvalue weighted by atomic mass is 16.5.